The van der Waals surface area contributed by atoms with Gasteiger partial charge in [0.15, 0.2) is 0 Å². The Balaban J connectivity index is 2.66. The molecule has 0 aromatic carbocycles. The highest BCUT2D eigenvalue weighted by Gasteiger charge is 2.41. The maximum Gasteiger partial charge on any atom is 0.0942 e. The van der Waals surface area contributed by atoms with Crippen molar-refractivity contribution in [2.45, 2.75) is 77.4 Å². The van der Waals surface area contributed by atoms with Gasteiger partial charge in [0, 0.05) is 6.61 Å². The molecule has 2 atom stereocenters. The van der Waals surface area contributed by atoms with Crippen molar-refractivity contribution in [3.8, 4) is 0 Å². The van der Waals surface area contributed by atoms with E-state index in [4.69, 9.17) is 4.74 Å². The van der Waals surface area contributed by atoms with Gasteiger partial charge in [0.05, 0.1) is 11.7 Å². The maximum atomic E-state index is 10.5. The summed E-state index contributed by atoms with van der Waals surface area (Å²) < 4.78 is 5.95. The molecule has 16 heavy (non-hydrogen) atoms. The monoisotopic (exact) mass is 228 g/mol. The van der Waals surface area contributed by atoms with Gasteiger partial charge < -0.3 is 9.84 Å². The largest absolute Gasteiger partial charge is 0.390 e. The van der Waals surface area contributed by atoms with E-state index in [9.17, 15) is 5.11 Å². The first-order valence-electron chi connectivity index (χ1n) is 6.98. The Morgan fingerprint density at radius 3 is 2.31 bits per heavy atom. The molecule has 0 aliphatic heterocycles. The van der Waals surface area contributed by atoms with Crippen molar-refractivity contribution in [2.75, 3.05) is 6.61 Å². The van der Waals surface area contributed by atoms with E-state index < -0.39 is 0 Å². The van der Waals surface area contributed by atoms with Crippen molar-refractivity contribution in [2.24, 2.45) is 5.92 Å². The minimum atomic E-state index is -0.285. The molecule has 96 valence electrons. The molecule has 0 spiro atoms. The second kappa shape index (κ2) is 6.61. The molecule has 2 nitrogen and oxygen atoms in total. The minimum Gasteiger partial charge on any atom is -0.390 e. The second-order valence-electron chi connectivity index (χ2n) is 5.27. The highest BCUT2D eigenvalue weighted by Crippen LogP contribution is 2.38. The number of aliphatic hydroxyl groups is 1. The van der Waals surface area contributed by atoms with Crippen LogP contribution in [0.15, 0.2) is 0 Å². The summed E-state index contributed by atoms with van der Waals surface area (Å²) in [5.41, 5.74) is -0.235. The van der Waals surface area contributed by atoms with Crippen molar-refractivity contribution in [3.63, 3.8) is 0 Å². The summed E-state index contributed by atoms with van der Waals surface area (Å²) in [5.74, 6) is 0.356. The van der Waals surface area contributed by atoms with Crippen LogP contribution in [0.3, 0.4) is 0 Å². The summed E-state index contributed by atoms with van der Waals surface area (Å²) in [6, 6.07) is 0. The van der Waals surface area contributed by atoms with Crippen molar-refractivity contribution in [1.29, 1.82) is 0 Å². The van der Waals surface area contributed by atoms with Crippen LogP contribution < -0.4 is 0 Å². The number of ether oxygens (including phenoxy) is 1. The van der Waals surface area contributed by atoms with E-state index >= 15 is 0 Å². The summed E-state index contributed by atoms with van der Waals surface area (Å²) >= 11 is 0. The smallest absolute Gasteiger partial charge is 0.0942 e. The van der Waals surface area contributed by atoms with E-state index in [1.54, 1.807) is 0 Å². The molecule has 1 fully saturated rings. The van der Waals surface area contributed by atoms with Crippen molar-refractivity contribution < 1.29 is 9.84 Å². The third-order valence-electron chi connectivity index (χ3n) is 3.95. The van der Waals surface area contributed by atoms with Crippen LogP contribution in [0.25, 0.3) is 0 Å². The topological polar surface area (TPSA) is 29.5 Å². The van der Waals surface area contributed by atoms with Crippen LogP contribution in [0, 0.1) is 5.92 Å². The summed E-state index contributed by atoms with van der Waals surface area (Å²) in [6.07, 6.45) is 7.73. The molecule has 0 radical (unpaired) electrons. The standard InChI is InChI=1S/C14H28O2/c1-4-9-12(3)13(15)14(16-5-2)10-7-6-8-11-14/h12-13,15H,4-11H2,1-3H3. The van der Waals surface area contributed by atoms with E-state index in [0.717, 1.165) is 32.3 Å². The highest BCUT2D eigenvalue weighted by molar-refractivity contribution is 4.93. The first kappa shape index (κ1) is 14.0. The van der Waals surface area contributed by atoms with Gasteiger partial charge in [0.25, 0.3) is 0 Å². The molecule has 1 aliphatic rings. The molecule has 2 unspecified atom stereocenters. The number of hydrogen-bond donors (Lipinski definition) is 1. The fourth-order valence-corrected chi connectivity index (χ4v) is 3.09. The molecule has 0 heterocycles. The van der Waals surface area contributed by atoms with Crippen LogP contribution in [0.1, 0.15) is 65.7 Å². The predicted octanol–water partition coefficient (Wildman–Crippen LogP) is 3.52. The van der Waals surface area contributed by atoms with Crippen LogP contribution in [0.2, 0.25) is 0 Å². The van der Waals surface area contributed by atoms with Gasteiger partial charge in [0.2, 0.25) is 0 Å². The molecule has 1 N–H and O–H groups in total. The summed E-state index contributed by atoms with van der Waals surface area (Å²) in [6.45, 7) is 7.09. The highest BCUT2D eigenvalue weighted by atomic mass is 16.5. The van der Waals surface area contributed by atoms with Gasteiger partial charge in [-0.2, -0.15) is 0 Å². The van der Waals surface area contributed by atoms with Crippen LogP contribution >= 0.6 is 0 Å². The fourth-order valence-electron chi connectivity index (χ4n) is 3.09. The minimum absolute atomic E-state index is 0.235. The number of hydrogen-bond acceptors (Lipinski definition) is 2. The third-order valence-corrected chi connectivity index (χ3v) is 3.95. The second-order valence-corrected chi connectivity index (χ2v) is 5.27. The van der Waals surface area contributed by atoms with Crippen molar-refractivity contribution in [3.05, 3.63) is 0 Å². The maximum absolute atomic E-state index is 10.5. The van der Waals surface area contributed by atoms with Gasteiger partial charge in [-0.05, 0) is 32.1 Å². The lowest BCUT2D eigenvalue weighted by Crippen LogP contribution is -2.49. The van der Waals surface area contributed by atoms with E-state index in [2.05, 4.69) is 13.8 Å². The Morgan fingerprint density at radius 1 is 1.19 bits per heavy atom. The quantitative estimate of drug-likeness (QED) is 0.753. The Bertz CT molecular complexity index is 180. The predicted molar refractivity (Wildman–Crippen MR) is 67.5 cm³/mol. The average Bonchev–Trinajstić information content (AvgIpc) is 2.30. The summed E-state index contributed by atoms with van der Waals surface area (Å²) in [4.78, 5) is 0. The third kappa shape index (κ3) is 3.21. The molecule has 1 aliphatic carbocycles. The van der Waals surface area contributed by atoms with Gasteiger partial charge in [-0.15, -0.1) is 0 Å². The summed E-state index contributed by atoms with van der Waals surface area (Å²) in [7, 11) is 0. The molecule has 2 heteroatoms. The lowest BCUT2D eigenvalue weighted by molar-refractivity contribution is -0.155. The Labute approximate surface area is 100 Å². The Morgan fingerprint density at radius 2 is 1.81 bits per heavy atom. The van der Waals surface area contributed by atoms with E-state index in [1.807, 2.05) is 6.92 Å². The number of rotatable bonds is 6. The Kier molecular flexibility index (Phi) is 5.77. The molecular weight excluding hydrogens is 200 g/mol. The van der Waals surface area contributed by atoms with Gasteiger partial charge in [-0.25, -0.2) is 0 Å². The zero-order valence-corrected chi connectivity index (χ0v) is 11.2. The average molecular weight is 228 g/mol. The van der Waals surface area contributed by atoms with Gasteiger partial charge in [-0.1, -0.05) is 39.5 Å². The zero-order valence-electron chi connectivity index (χ0n) is 11.2. The molecule has 0 bridgehead atoms. The first-order chi connectivity index (χ1) is 7.66. The van der Waals surface area contributed by atoms with Gasteiger partial charge in [0.1, 0.15) is 0 Å². The van der Waals surface area contributed by atoms with E-state index in [-0.39, 0.29) is 11.7 Å². The molecule has 0 aromatic rings. The van der Waals surface area contributed by atoms with Crippen LogP contribution in [0.5, 0.6) is 0 Å². The molecular formula is C14H28O2. The van der Waals surface area contributed by atoms with Gasteiger partial charge in [-0.3, -0.25) is 0 Å². The number of aliphatic hydroxyl groups excluding tert-OH is 1. The SMILES string of the molecule is CCCC(C)C(O)C1(OCC)CCCCC1. The lowest BCUT2D eigenvalue weighted by Gasteiger charge is -2.43. The first-order valence-corrected chi connectivity index (χ1v) is 6.98. The van der Waals surface area contributed by atoms with E-state index in [1.165, 1.54) is 19.3 Å². The molecule has 0 aromatic heterocycles. The molecule has 0 saturated heterocycles. The normalized spacial score (nSPS) is 24.0. The van der Waals surface area contributed by atoms with Crippen molar-refractivity contribution in [1.82, 2.24) is 0 Å². The lowest BCUT2D eigenvalue weighted by atomic mass is 9.75. The molecule has 1 rings (SSSR count). The molecule has 0 amide bonds. The van der Waals surface area contributed by atoms with E-state index in [0.29, 0.717) is 5.92 Å². The zero-order chi connectivity index (χ0) is 12.0. The summed E-state index contributed by atoms with van der Waals surface area (Å²) in [5, 5.41) is 10.5. The Hall–Kier alpha value is -0.0800. The molecule has 1 saturated carbocycles. The van der Waals surface area contributed by atoms with Crippen LogP contribution in [-0.2, 0) is 4.74 Å². The van der Waals surface area contributed by atoms with Crippen molar-refractivity contribution >= 4 is 0 Å². The van der Waals surface area contributed by atoms with Crippen LogP contribution in [-0.4, -0.2) is 23.4 Å². The van der Waals surface area contributed by atoms with Crippen LogP contribution in [0.4, 0.5) is 0 Å². The fraction of sp³-hybridized carbons (Fsp3) is 1.00. The van der Waals surface area contributed by atoms with Gasteiger partial charge >= 0.3 is 0 Å².